The van der Waals surface area contributed by atoms with Crippen molar-refractivity contribution in [1.82, 2.24) is 4.98 Å². The minimum absolute atomic E-state index is 0.286. The number of alkyl halides is 2. The van der Waals surface area contributed by atoms with E-state index in [1.807, 2.05) is 0 Å². The second-order valence-electron chi connectivity index (χ2n) is 3.66. The van der Waals surface area contributed by atoms with Gasteiger partial charge >= 0.3 is 5.97 Å². The van der Waals surface area contributed by atoms with Crippen molar-refractivity contribution in [1.29, 1.82) is 0 Å². The number of rotatable bonds is 3. The van der Waals surface area contributed by atoms with Crippen LogP contribution in [0.1, 0.15) is 21.5 Å². The fraction of sp³-hybridized carbons (Fsp3) is 0.0769. The van der Waals surface area contributed by atoms with Gasteiger partial charge in [0.05, 0.1) is 5.56 Å². The molecule has 0 saturated heterocycles. The Hall–Kier alpha value is -2.30. The summed E-state index contributed by atoms with van der Waals surface area (Å²) in [6.07, 6.45) is 2.49. The molecule has 0 bridgehead atoms. The largest absolute Gasteiger partial charge is 0.478 e. The molecule has 5 heteroatoms. The van der Waals surface area contributed by atoms with Crippen LogP contribution in [0.4, 0.5) is 8.78 Å². The topological polar surface area (TPSA) is 50.2 Å². The number of nitrogens with zero attached hydrogens (tertiary/aromatic N) is 1. The Morgan fingerprint density at radius 2 is 1.72 bits per heavy atom. The monoisotopic (exact) mass is 249 g/mol. The van der Waals surface area contributed by atoms with Crippen LogP contribution in [0.25, 0.3) is 0 Å². The number of benzene rings is 1. The summed E-state index contributed by atoms with van der Waals surface area (Å²) >= 11 is 0. The number of carboxylic acids is 1. The van der Waals surface area contributed by atoms with Crippen molar-refractivity contribution >= 4 is 5.97 Å². The number of hydrogen-bond donors (Lipinski definition) is 1. The van der Waals surface area contributed by atoms with Gasteiger partial charge in [-0.05, 0) is 18.2 Å². The van der Waals surface area contributed by atoms with Gasteiger partial charge < -0.3 is 5.11 Å². The van der Waals surface area contributed by atoms with Gasteiger partial charge in [0.25, 0.3) is 5.92 Å². The predicted octanol–water partition coefficient (Wildman–Crippen LogP) is 2.92. The van der Waals surface area contributed by atoms with Crippen molar-refractivity contribution in [2.75, 3.05) is 0 Å². The molecule has 0 saturated carbocycles. The van der Waals surface area contributed by atoms with E-state index in [-0.39, 0.29) is 5.56 Å². The summed E-state index contributed by atoms with van der Waals surface area (Å²) < 4.78 is 28.4. The molecule has 0 aliphatic rings. The first kappa shape index (κ1) is 12.2. The molecule has 1 N–H and O–H groups in total. The number of carbonyl (C=O) groups is 1. The third kappa shape index (κ3) is 2.07. The average molecular weight is 249 g/mol. The summed E-state index contributed by atoms with van der Waals surface area (Å²) in [6.45, 7) is 0. The summed E-state index contributed by atoms with van der Waals surface area (Å²) in [5.41, 5.74) is -1.21. The van der Waals surface area contributed by atoms with Crippen LogP contribution in [-0.2, 0) is 5.92 Å². The van der Waals surface area contributed by atoms with E-state index in [4.69, 9.17) is 5.11 Å². The molecule has 0 amide bonds. The van der Waals surface area contributed by atoms with Gasteiger partial charge in [0.1, 0.15) is 0 Å². The third-order valence-electron chi connectivity index (χ3n) is 2.54. The SMILES string of the molecule is O=C(O)c1ccccc1C(F)(F)c1ccncc1. The highest BCUT2D eigenvalue weighted by Crippen LogP contribution is 2.37. The second kappa shape index (κ2) is 4.52. The maximum absolute atomic E-state index is 14.2. The Morgan fingerprint density at radius 1 is 1.11 bits per heavy atom. The van der Waals surface area contributed by atoms with Crippen LogP contribution in [0, 0.1) is 0 Å². The lowest BCUT2D eigenvalue weighted by Gasteiger charge is -2.18. The van der Waals surface area contributed by atoms with Crippen LogP contribution in [0.5, 0.6) is 0 Å². The second-order valence-corrected chi connectivity index (χ2v) is 3.66. The summed E-state index contributed by atoms with van der Waals surface area (Å²) in [5.74, 6) is -4.74. The van der Waals surface area contributed by atoms with Crippen molar-refractivity contribution in [3.8, 4) is 0 Å². The van der Waals surface area contributed by atoms with Crippen LogP contribution in [0.3, 0.4) is 0 Å². The highest BCUT2D eigenvalue weighted by molar-refractivity contribution is 5.89. The number of carboxylic acid groups (broad SMARTS) is 1. The molecular weight excluding hydrogens is 240 g/mol. The molecule has 0 aliphatic heterocycles. The summed E-state index contributed by atoms with van der Waals surface area (Å²) in [4.78, 5) is 14.6. The van der Waals surface area contributed by atoms with Gasteiger partial charge in [-0.15, -0.1) is 0 Å². The molecule has 0 aliphatic carbocycles. The van der Waals surface area contributed by atoms with Gasteiger partial charge in [0, 0.05) is 23.5 Å². The summed E-state index contributed by atoms with van der Waals surface area (Å²) in [5, 5.41) is 8.93. The standard InChI is InChI=1S/C13H9F2NO2/c14-13(15,9-5-7-16-8-6-9)11-4-2-1-3-10(11)12(17)18/h1-8H,(H,17,18). The zero-order chi connectivity index (χ0) is 13.2. The Balaban J connectivity index is 2.58. The summed E-state index contributed by atoms with van der Waals surface area (Å²) in [7, 11) is 0. The lowest BCUT2D eigenvalue weighted by Crippen LogP contribution is -2.19. The van der Waals surface area contributed by atoms with Crippen molar-refractivity contribution < 1.29 is 18.7 Å². The van der Waals surface area contributed by atoms with Crippen LogP contribution < -0.4 is 0 Å². The smallest absolute Gasteiger partial charge is 0.336 e. The van der Waals surface area contributed by atoms with Gasteiger partial charge in [-0.25, -0.2) is 4.79 Å². The van der Waals surface area contributed by atoms with E-state index in [1.165, 1.54) is 36.7 Å². The van der Waals surface area contributed by atoms with E-state index in [9.17, 15) is 13.6 Å². The number of aromatic carboxylic acids is 1. The molecule has 1 aromatic heterocycles. The minimum atomic E-state index is -3.36. The van der Waals surface area contributed by atoms with E-state index in [2.05, 4.69) is 4.98 Å². The van der Waals surface area contributed by atoms with Crippen molar-refractivity contribution in [3.05, 3.63) is 65.5 Å². The predicted molar refractivity (Wildman–Crippen MR) is 60.6 cm³/mol. The Labute approximate surface area is 102 Å². The number of hydrogen-bond acceptors (Lipinski definition) is 2. The van der Waals surface area contributed by atoms with Crippen LogP contribution >= 0.6 is 0 Å². The van der Waals surface area contributed by atoms with Crippen LogP contribution in [0.2, 0.25) is 0 Å². The zero-order valence-corrected chi connectivity index (χ0v) is 9.18. The lowest BCUT2D eigenvalue weighted by molar-refractivity contribution is 0.0391. The molecular formula is C13H9F2NO2. The number of halogens is 2. The van der Waals surface area contributed by atoms with E-state index in [0.29, 0.717) is 0 Å². The van der Waals surface area contributed by atoms with E-state index < -0.39 is 23.0 Å². The van der Waals surface area contributed by atoms with Gasteiger partial charge in [-0.3, -0.25) is 4.98 Å². The zero-order valence-electron chi connectivity index (χ0n) is 9.18. The molecule has 1 heterocycles. The molecule has 0 atom stereocenters. The lowest BCUT2D eigenvalue weighted by atomic mass is 9.96. The Kier molecular flexibility index (Phi) is 3.06. The molecule has 92 valence electrons. The molecule has 1 aromatic carbocycles. The molecule has 0 radical (unpaired) electrons. The maximum atomic E-state index is 14.2. The maximum Gasteiger partial charge on any atom is 0.336 e. The molecule has 0 unspecified atom stereocenters. The molecule has 0 spiro atoms. The first-order valence-electron chi connectivity index (χ1n) is 5.14. The minimum Gasteiger partial charge on any atom is -0.478 e. The normalized spacial score (nSPS) is 11.2. The quantitative estimate of drug-likeness (QED) is 0.909. The van der Waals surface area contributed by atoms with Crippen molar-refractivity contribution in [3.63, 3.8) is 0 Å². The average Bonchev–Trinajstić information content (AvgIpc) is 2.39. The van der Waals surface area contributed by atoms with E-state index in [1.54, 1.807) is 0 Å². The van der Waals surface area contributed by atoms with Crippen molar-refractivity contribution in [2.24, 2.45) is 0 Å². The van der Waals surface area contributed by atoms with Crippen molar-refractivity contribution in [2.45, 2.75) is 5.92 Å². The van der Waals surface area contributed by atoms with Gasteiger partial charge in [-0.1, -0.05) is 18.2 Å². The summed E-state index contributed by atoms with van der Waals surface area (Å²) in [6, 6.07) is 7.40. The molecule has 18 heavy (non-hydrogen) atoms. The van der Waals surface area contributed by atoms with E-state index in [0.717, 1.165) is 12.1 Å². The first-order valence-corrected chi connectivity index (χ1v) is 5.14. The van der Waals surface area contributed by atoms with Gasteiger partial charge in [-0.2, -0.15) is 8.78 Å². The molecule has 3 nitrogen and oxygen atoms in total. The fourth-order valence-corrected chi connectivity index (χ4v) is 1.66. The fourth-order valence-electron chi connectivity index (χ4n) is 1.66. The van der Waals surface area contributed by atoms with Crippen LogP contribution in [-0.4, -0.2) is 16.1 Å². The van der Waals surface area contributed by atoms with Gasteiger partial charge in [0.15, 0.2) is 0 Å². The van der Waals surface area contributed by atoms with E-state index >= 15 is 0 Å². The number of aromatic nitrogens is 1. The third-order valence-corrected chi connectivity index (χ3v) is 2.54. The Morgan fingerprint density at radius 3 is 2.33 bits per heavy atom. The Bertz CT molecular complexity index is 570. The molecule has 0 fully saturated rings. The molecule has 2 rings (SSSR count). The highest BCUT2D eigenvalue weighted by atomic mass is 19.3. The highest BCUT2D eigenvalue weighted by Gasteiger charge is 2.37. The van der Waals surface area contributed by atoms with Gasteiger partial charge in [0.2, 0.25) is 0 Å². The molecule has 2 aromatic rings. The van der Waals surface area contributed by atoms with Crippen LogP contribution in [0.15, 0.2) is 48.8 Å². The first-order chi connectivity index (χ1) is 8.53. The number of pyridine rings is 1.